The Bertz CT molecular complexity index is 732. The summed E-state index contributed by atoms with van der Waals surface area (Å²) in [5.41, 5.74) is 1.63. The van der Waals surface area contributed by atoms with Gasteiger partial charge in [-0.3, -0.25) is 4.79 Å². The van der Waals surface area contributed by atoms with E-state index in [1.807, 2.05) is 18.2 Å². The Kier molecular flexibility index (Phi) is 5.89. The lowest BCUT2D eigenvalue weighted by molar-refractivity contribution is -0.892. The number of nitrogens with zero attached hydrogens (tertiary/aromatic N) is 1. The minimum absolute atomic E-state index is 0.0468. The van der Waals surface area contributed by atoms with Crippen LogP contribution < -0.4 is 15.1 Å². The van der Waals surface area contributed by atoms with Gasteiger partial charge in [0.15, 0.2) is 6.54 Å². The number of carbonyl (C=O) groups is 1. The Morgan fingerprint density at radius 3 is 2.64 bits per heavy atom. The predicted molar refractivity (Wildman–Crippen MR) is 97.5 cm³/mol. The fourth-order valence-corrected chi connectivity index (χ4v) is 3.24. The summed E-state index contributed by atoms with van der Waals surface area (Å²) in [4.78, 5) is 15.6. The molecule has 0 aliphatic carbocycles. The summed E-state index contributed by atoms with van der Waals surface area (Å²) >= 11 is 6.05. The molecule has 0 saturated carbocycles. The van der Waals surface area contributed by atoms with Crippen molar-refractivity contribution in [3.63, 3.8) is 0 Å². The quantitative estimate of drug-likeness (QED) is 0.845. The minimum Gasteiger partial charge on any atom is -0.360 e. The zero-order valence-electron chi connectivity index (χ0n) is 14.0. The lowest BCUT2D eigenvalue weighted by Crippen LogP contribution is -3.15. The molecule has 132 valence electrons. The van der Waals surface area contributed by atoms with E-state index in [4.69, 9.17) is 11.6 Å². The molecule has 4 nitrogen and oxygen atoms in total. The Balaban J connectivity index is 1.44. The second-order valence-electron chi connectivity index (χ2n) is 6.26. The summed E-state index contributed by atoms with van der Waals surface area (Å²) in [5.74, 6) is -0.334. The van der Waals surface area contributed by atoms with Crippen molar-refractivity contribution < 1.29 is 14.1 Å². The van der Waals surface area contributed by atoms with E-state index in [1.165, 1.54) is 11.0 Å². The third-order valence-electron chi connectivity index (χ3n) is 4.49. The van der Waals surface area contributed by atoms with Crippen LogP contribution in [0.2, 0.25) is 5.02 Å². The van der Waals surface area contributed by atoms with Gasteiger partial charge < -0.3 is 15.1 Å². The summed E-state index contributed by atoms with van der Waals surface area (Å²) < 4.78 is 13.6. The number of hydrogen-bond acceptors (Lipinski definition) is 2. The van der Waals surface area contributed by atoms with Crippen LogP contribution >= 0.6 is 11.6 Å². The summed E-state index contributed by atoms with van der Waals surface area (Å²) in [6.07, 6.45) is 0. The van der Waals surface area contributed by atoms with Crippen LogP contribution in [-0.2, 0) is 11.3 Å². The van der Waals surface area contributed by atoms with Crippen LogP contribution in [0, 0.1) is 5.82 Å². The zero-order valence-corrected chi connectivity index (χ0v) is 14.7. The van der Waals surface area contributed by atoms with Crippen molar-refractivity contribution in [3.05, 3.63) is 64.9 Å². The number of anilines is 1. The molecular formula is C19H22ClFN3O+. The van der Waals surface area contributed by atoms with Gasteiger partial charge in [-0.05, 0) is 24.3 Å². The molecule has 6 heteroatoms. The average Bonchev–Trinajstić information content (AvgIpc) is 2.62. The van der Waals surface area contributed by atoms with Gasteiger partial charge in [-0.1, -0.05) is 35.9 Å². The molecule has 2 aromatic rings. The molecule has 0 atom stereocenters. The fraction of sp³-hybridized carbons (Fsp3) is 0.316. The average molecular weight is 363 g/mol. The number of amides is 1. The van der Waals surface area contributed by atoms with Crippen LogP contribution in [0.1, 0.15) is 5.56 Å². The van der Waals surface area contributed by atoms with Crippen molar-refractivity contribution in [1.29, 1.82) is 0 Å². The highest BCUT2D eigenvalue weighted by molar-refractivity contribution is 6.30. The summed E-state index contributed by atoms with van der Waals surface area (Å²) in [6, 6.07) is 14.3. The highest BCUT2D eigenvalue weighted by Crippen LogP contribution is 2.19. The molecule has 0 radical (unpaired) electrons. The molecule has 1 aliphatic heterocycles. The second kappa shape index (κ2) is 8.32. The van der Waals surface area contributed by atoms with Crippen molar-refractivity contribution in [1.82, 2.24) is 5.32 Å². The maximum absolute atomic E-state index is 13.6. The third-order valence-corrected chi connectivity index (χ3v) is 4.72. The van der Waals surface area contributed by atoms with Crippen molar-refractivity contribution >= 4 is 23.2 Å². The van der Waals surface area contributed by atoms with Crippen LogP contribution in [0.5, 0.6) is 0 Å². The molecule has 0 spiro atoms. The number of rotatable bonds is 5. The van der Waals surface area contributed by atoms with E-state index >= 15 is 0 Å². The number of carbonyl (C=O) groups excluding carboxylic acids is 1. The van der Waals surface area contributed by atoms with Gasteiger partial charge in [-0.15, -0.1) is 0 Å². The Morgan fingerprint density at radius 1 is 1.16 bits per heavy atom. The molecule has 1 heterocycles. The number of quaternary nitrogens is 1. The first-order chi connectivity index (χ1) is 12.1. The molecule has 1 aliphatic rings. The number of hydrogen-bond donors (Lipinski definition) is 2. The maximum Gasteiger partial charge on any atom is 0.275 e. The van der Waals surface area contributed by atoms with Gasteiger partial charge in [-0.25, -0.2) is 4.39 Å². The topological polar surface area (TPSA) is 36.8 Å². The predicted octanol–water partition coefficient (Wildman–Crippen LogP) is 1.50. The monoisotopic (exact) mass is 362 g/mol. The lowest BCUT2D eigenvalue weighted by atomic mass is 10.2. The molecular weight excluding hydrogens is 341 g/mol. The molecule has 0 unspecified atom stereocenters. The SMILES string of the molecule is O=C(C[NH+]1CCN(c2cccc(Cl)c2)CC1)NCc1ccccc1F. The van der Waals surface area contributed by atoms with Gasteiger partial charge >= 0.3 is 0 Å². The molecule has 1 fully saturated rings. The first-order valence-electron chi connectivity index (χ1n) is 8.46. The van der Waals surface area contributed by atoms with E-state index in [2.05, 4.69) is 16.3 Å². The van der Waals surface area contributed by atoms with E-state index in [1.54, 1.807) is 18.2 Å². The van der Waals surface area contributed by atoms with Crippen LogP contribution in [0.4, 0.5) is 10.1 Å². The van der Waals surface area contributed by atoms with Crippen LogP contribution in [0.15, 0.2) is 48.5 Å². The molecule has 25 heavy (non-hydrogen) atoms. The fourth-order valence-electron chi connectivity index (χ4n) is 3.06. The minimum atomic E-state index is -0.287. The Morgan fingerprint density at radius 2 is 1.92 bits per heavy atom. The second-order valence-corrected chi connectivity index (χ2v) is 6.70. The molecule has 3 rings (SSSR count). The zero-order chi connectivity index (χ0) is 17.6. The molecule has 1 amide bonds. The normalized spacial score (nSPS) is 15.2. The van der Waals surface area contributed by atoms with Gasteiger partial charge in [-0.2, -0.15) is 0 Å². The van der Waals surface area contributed by atoms with Crippen LogP contribution in [-0.4, -0.2) is 38.6 Å². The van der Waals surface area contributed by atoms with E-state index in [-0.39, 0.29) is 18.3 Å². The summed E-state index contributed by atoms with van der Waals surface area (Å²) in [5, 5.41) is 3.54. The number of nitrogens with one attached hydrogen (secondary N) is 2. The van der Waals surface area contributed by atoms with E-state index in [9.17, 15) is 9.18 Å². The van der Waals surface area contributed by atoms with Gasteiger partial charge in [0, 0.05) is 22.8 Å². The number of benzene rings is 2. The summed E-state index contributed by atoms with van der Waals surface area (Å²) in [7, 11) is 0. The van der Waals surface area contributed by atoms with E-state index in [0.717, 1.165) is 36.9 Å². The largest absolute Gasteiger partial charge is 0.360 e. The molecule has 0 bridgehead atoms. The summed E-state index contributed by atoms with van der Waals surface area (Å²) in [6.45, 7) is 4.19. The molecule has 1 saturated heterocycles. The molecule has 2 N–H and O–H groups in total. The molecule has 2 aromatic carbocycles. The highest BCUT2D eigenvalue weighted by Gasteiger charge is 2.22. The lowest BCUT2D eigenvalue weighted by Gasteiger charge is -2.33. The highest BCUT2D eigenvalue weighted by atomic mass is 35.5. The smallest absolute Gasteiger partial charge is 0.275 e. The first kappa shape index (κ1) is 17.7. The standard InChI is InChI=1S/C19H21ClFN3O/c20-16-5-3-6-17(12-16)24-10-8-23(9-11-24)14-19(25)22-13-15-4-1-2-7-18(15)21/h1-7,12H,8-11,13-14H2,(H,22,25)/p+1. The number of piperazine rings is 1. The van der Waals surface area contributed by atoms with Crippen LogP contribution in [0.25, 0.3) is 0 Å². The first-order valence-corrected chi connectivity index (χ1v) is 8.84. The van der Waals surface area contributed by atoms with Gasteiger partial charge in [0.05, 0.1) is 26.2 Å². The number of halogens is 2. The van der Waals surface area contributed by atoms with E-state index in [0.29, 0.717) is 12.1 Å². The van der Waals surface area contributed by atoms with Crippen molar-refractivity contribution in [2.45, 2.75) is 6.54 Å². The van der Waals surface area contributed by atoms with Crippen LogP contribution in [0.3, 0.4) is 0 Å². The third kappa shape index (κ3) is 4.94. The van der Waals surface area contributed by atoms with Crippen molar-refractivity contribution in [2.75, 3.05) is 37.6 Å². The van der Waals surface area contributed by atoms with Crippen molar-refractivity contribution in [3.8, 4) is 0 Å². The van der Waals surface area contributed by atoms with Gasteiger partial charge in [0.25, 0.3) is 5.91 Å². The van der Waals surface area contributed by atoms with Gasteiger partial charge in [0.2, 0.25) is 0 Å². The van der Waals surface area contributed by atoms with E-state index < -0.39 is 0 Å². The van der Waals surface area contributed by atoms with Gasteiger partial charge in [0.1, 0.15) is 5.82 Å². The Hall–Kier alpha value is -2.11. The van der Waals surface area contributed by atoms with Crippen molar-refractivity contribution in [2.24, 2.45) is 0 Å². The maximum atomic E-state index is 13.6. The Labute approximate surface area is 152 Å². The molecule has 0 aromatic heterocycles.